The summed E-state index contributed by atoms with van der Waals surface area (Å²) < 4.78 is 0. The van der Waals surface area contributed by atoms with Gasteiger partial charge in [-0.25, -0.2) is 0 Å². The van der Waals surface area contributed by atoms with Gasteiger partial charge in [-0.15, -0.1) is 0 Å². The van der Waals surface area contributed by atoms with E-state index < -0.39 is 0 Å². The first-order valence-electron chi connectivity index (χ1n) is 5.78. The molecule has 0 saturated carbocycles. The molecule has 1 saturated heterocycles. The second-order valence-corrected chi connectivity index (χ2v) is 5.42. The van der Waals surface area contributed by atoms with Gasteiger partial charge in [-0.2, -0.15) is 5.26 Å². The molecule has 0 aromatic carbocycles. The SMILES string of the molecule is CCN1CC(CC#N)N(C)CC(C)(C)C1. The average Bonchev–Trinajstić information content (AvgIpc) is 2.24. The van der Waals surface area contributed by atoms with Gasteiger partial charge >= 0.3 is 0 Å². The van der Waals surface area contributed by atoms with Crippen LogP contribution < -0.4 is 0 Å². The van der Waals surface area contributed by atoms with E-state index in [1.54, 1.807) is 0 Å². The topological polar surface area (TPSA) is 30.3 Å². The second-order valence-electron chi connectivity index (χ2n) is 5.42. The van der Waals surface area contributed by atoms with Gasteiger partial charge < -0.3 is 9.80 Å². The fourth-order valence-electron chi connectivity index (χ4n) is 2.53. The van der Waals surface area contributed by atoms with Crippen LogP contribution >= 0.6 is 0 Å². The summed E-state index contributed by atoms with van der Waals surface area (Å²) >= 11 is 0. The summed E-state index contributed by atoms with van der Waals surface area (Å²) in [6, 6.07) is 2.70. The van der Waals surface area contributed by atoms with Crippen LogP contribution in [-0.4, -0.2) is 49.1 Å². The molecule has 0 aliphatic carbocycles. The maximum Gasteiger partial charge on any atom is 0.0638 e. The molecule has 15 heavy (non-hydrogen) atoms. The van der Waals surface area contributed by atoms with Gasteiger partial charge in [-0.05, 0) is 19.0 Å². The summed E-state index contributed by atoms with van der Waals surface area (Å²) in [5, 5.41) is 8.82. The molecule has 1 aliphatic heterocycles. The Labute approximate surface area is 93.7 Å². The molecule has 86 valence electrons. The minimum atomic E-state index is 0.328. The first kappa shape index (κ1) is 12.5. The summed E-state index contributed by atoms with van der Waals surface area (Å²) in [5.74, 6) is 0. The molecule has 0 N–H and O–H groups in total. The fraction of sp³-hybridized carbons (Fsp3) is 0.917. The van der Waals surface area contributed by atoms with E-state index >= 15 is 0 Å². The zero-order valence-corrected chi connectivity index (χ0v) is 10.5. The molecule has 0 aromatic heterocycles. The highest BCUT2D eigenvalue weighted by molar-refractivity contribution is 4.90. The second kappa shape index (κ2) is 4.96. The summed E-state index contributed by atoms with van der Waals surface area (Å²) in [6.45, 7) is 11.1. The normalized spacial score (nSPS) is 28.3. The Morgan fingerprint density at radius 1 is 1.40 bits per heavy atom. The Hall–Kier alpha value is -0.590. The van der Waals surface area contributed by atoms with E-state index in [9.17, 15) is 0 Å². The average molecular weight is 209 g/mol. The van der Waals surface area contributed by atoms with Crippen molar-refractivity contribution in [2.24, 2.45) is 5.41 Å². The van der Waals surface area contributed by atoms with Crippen LogP contribution in [0.5, 0.6) is 0 Å². The van der Waals surface area contributed by atoms with Crippen molar-refractivity contribution in [2.45, 2.75) is 33.2 Å². The molecular formula is C12H23N3. The largest absolute Gasteiger partial charge is 0.301 e. The molecule has 1 aliphatic rings. The molecular weight excluding hydrogens is 186 g/mol. The molecule has 0 aromatic rings. The van der Waals surface area contributed by atoms with Crippen LogP contribution in [0.3, 0.4) is 0 Å². The van der Waals surface area contributed by atoms with Crippen molar-refractivity contribution in [3.63, 3.8) is 0 Å². The molecule has 3 heteroatoms. The third kappa shape index (κ3) is 3.48. The third-order valence-electron chi connectivity index (χ3n) is 3.20. The van der Waals surface area contributed by atoms with Gasteiger partial charge in [0.1, 0.15) is 0 Å². The zero-order chi connectivity index (χ0) is 11.5. The van der Waals surface area contributed by atoms with Gasteiger partial charge in [0.2, 0.25) is 0 Å². The van der Waals surface area contributed by atoms with Crippen LogP contribution in [0.15, 0.2) is 0 Å². The maximum absolute atomic E-state index is 8.82. The molecule has 1 atom stereocenters. The van der Waals surface area contributed by atoms with Crippen LogP contribution in [-0.2, 0) is 0 Å². The molecule has 0 bridgehead atoms. The zero-order valence-electron chi connectivity index (χ0n) is 10.5. The van der Waals surface area contributed by atoms with E-state index in [2.05, 4.69) is 43.7 Å². The van der Waals surface area contributed by atoms with Crippen molar-refractivity contribution >= 4 is 0 Å². The lowest BCUT2D eigenvalue weighted by atomic mass is 9.92. The van der Waals surface area contributed by atoms with Crippen molar-refractivity contribution < 1.29 is 0 Å². The van der Waals surface area contributed by atoms with Crippen LogP contribution in [0.1, 0.15) is 27.2 Å². The maximum atomic E-state index is 8.82. The highest BCUT2D eigenvalue weighted by Crippen LogP contribution is 2.24. The lowest BCUT2D eigenvalue weighted by Crippen LogP contribution is -2.38. The number of hydrogen-bond acceptors (Lipinski definition) is 3. The summed E-state index contributed by atoms with van der Waals surface area (Å²) in [6.07, 6.45) is 0.642. The molecule has 1 rings (SSSR count). The Kier molecular flexibility index (Phi) is 4.12. The molecule has 1 unspecified atom stereocenters. The molecule has 0 amide bonds. The molecule has 3 nitrogen and oxygen atoms in total. The predicted octanol–water partition coefficient (Wildman–Crippen LogP) is 1.56. The van der Waals surface area contributed by atoms with Crippen molar-refractivity contribution in [1.82, 2.24) is 9.80 Å². The lowest BCUT2D eigenvalue weighted by Gasteiger charge is -2.29. The highest BCUT2D eigenvalue weighted by Gasteiger charge is 2.31. The third-order valence-corrected chi connectivity index (χ3v) is 3.20. The van der Waals surface area contributed by atoms with E-state index in [0.29, 0.717) is 17.9 Å². The van der Waals surface area contributed by atoms with E-state index in [4.69, 9.17) is 5.26 Å². The highest BCUT2D eigenvalue weighted by atomic mass is 15.2. The van der Waals surface area contributed by atoms with E-state index in [-0.39, 0.29) is 0 Å². The lowest BCUT2D eigenvalue weighted by molar-refractivity contribution is 0.192. The van der Waals surface area contributed by atoms with Crippen molar-refractivity contribution in [3.05, 3.63) is 0 Å². The smallest absolute Gasteiger partial charge is 0.0638 e. The number of nitrogens with zero attached hydrogens (tertiary/aromatic N) is 3. The van der Waals surface area contributed by atoms with Crippen LogP contribution in [0.25, 0.3) is 0 Å². The first-order valence-corrected chi connectivity index (χ1v) is 5.78. The molecule has 1 fully saturated rings. The van der Waals surface area contributed by atoms with E-state index in [1.165, 1.54) is 0 Å². The number of rotatable bonds is 2. The first-order chi connectivity index (χ1) is 6.98. The van der Waals surface area contributed by atoms with Crippen LogP contribution in [0.4, 0.5) is 0 Å². The Morgan fingerprint density at radius 3 is 2.60 bits per heavy atom. The Bertz CT molecular complexity index is 242. The monoisotopic (exact) mass is 209 g/mol. The number of likely N-dealkylation sites (N-methyl/N-ethyl adjacent to an activating group) is 2. The summed E-state index contributed by atoms with van der Waals surface area (Å²) in [4.78, 5) is 4.81. The molecule has 0 radical (unpaired) electrons. The summed E-state index contributed by atoms with van der Waals surface area (Å²) in [5.41, 5.74) is 0.328. The number of nitriles is 1. The predicted molar refractivity (Wildman–Crippen MR) is 62.5 cm³/mol. The molecule has 1 heterocycles. The van der Waals surface area contributed by atoms with Crippen LogP contribution in [0, 0.1) is 16.7 Å². The van der Waals surface area contributed by atoms with Crippen molar-refractivity contribution in [3.8, 4) is 6.07 Å². The van der Waals surface area contributed by atoms with E-state index in [1.807, 2.05) is 0 Å². The standard InChI is InChI=1S/C12H23N3/c1-5-15-8-11(6-7-13)14(4)9-12(2,3)10-15/h11H,5-6,8-10H2,1-4H3. The van der Waals surface area contributed by atoms with Crippen LogP contribution in [0.2, 0.25) is 0 Å². The van der Waals surface area contributed by atoms with Gasteiger partial charge in [-0.1, -0.05) is 20.8 Å². The van der Waals surface area contributed by atoms with E-state index in [0.717, 1.165) is 26.2 Å². The van der Waals surface area contributed by atoms with Crippen molar-refractivity contribution in [1.29, 1.82) is 5.26 Å². The Morgan fingerprint density at radius 2 is 2.07 bits per heavy atom. The minimum absolute atomic E-state index is 0.328. The van der Waals surface area contributed by atoms with Gasteiger partial charge in [-0.3, -0.25) is 0 Å². The minimum Gasteiger partial charge on any atom is -0.301 e. The number of hydrogen-bond donors (Lipinski definition) is 0. The molecule has 0 spiro atoms. The van der Waals surface area contributed by atoms with Gasteiger partial charge in [0.05, 0.1) is 12.5 Å². The van der Waals surface area contributed by atoms with Gasteiger partial charge in [0.15, 0.2) is 0 Å². The Balaban J connectivity index is 2.74. The van der Waals surface area contributed by atoms with Gasteiger partial charge in [0.25, 0.3) is 0 Å². The van der Waals surface area contributed by atoms with Gasteiger partial charge in [0, 0.05) is 25.7 Å². The summed E-state index contributed by atoms with van der Waals surface area (Å²) in [7, 11) is 2.14. The quantitative estimate of drug-likeness (QED) is 0.691. The fourth-order valence-corrected chi connectivity index (χ4v) is 2.53. The van der Waals surface area contributed by atoms with Crippen molar-refractivity contribution in [2.75, 3.05) is 33.2 Å².